The first-order valence-electron chi connectivity index (χ1n) is 5.20. The molecule has 2 aromatic heterocycles. The topological polar surface area (TPSA) is 109 Å². The maximum atomic E-state index is 11.1. The summed E-state index contributed by atoms with van der Waals surface area (Å²) in [5.41, 5.74) is 0.484. The van der Waals surface area contributed by atoms with Crippen molar-refractivity contribution in [1.82, 2.24) is 4.98 Å². The highest BCUT2D eigenvalue weighted by Gasteiger charge is 2.10. The van der Waals surface area contributed by atoms with Crippen LogP contribution in [-0.2, 0) is 16.6 Å². The van der Waals surface area contributed by atoms with Gasteiger partial charge in [0.05, 0.1) is 12.1 Å². The molecule has 2 aromatic rings. The fourth-order valence-electron chi connectivity index (χ4n) is 1.35. The number of hydrogen-bond acceptors (Lipinski definition) is 6. The van der Waals surface area contributed by atoms with Gasteiger partial charge in [-0.15, -0.1) is 11.3 Å². The average molecular weight is 294 g/mol. The molecule has 6 nitrogen and oxygen atoms in total. The zero-order chi connectivity index (χ0) is 13.9. The quantitative estimate of drug-likeness (QED) is 0.882. The van der Waals surface area contributed by atoms with Gasteiger partial charge in [-0.25, -0.2) is 18.5 Å². The third kappa shape index (κ3) is 3.51. The maximum absolute atomic E-state index is 11.1. The molecule has 0 saturated heterocycles. The van der Waals surface area contributed by atoms with Crippen LogP contribution in [-0.4, -0.2) is 13.4 Å². The lowest BCUT2D eigenvalue weighted by molar-refractivity contribution is 0.600. The van der Waals surface area contributed by atoms with E-state index in [4.69, 9.17) is 10.4 Å². The summed E-state index contributed by atoms with van der Waals surface area (Å²) in [6.07, 6.45) is 1.46. The molecule has 0 aromatic carbocycles. The third-order valence-corrected chi connectivity index (χ3v) is 4.78. The van der Waals surface area contributed by atoms with E-state index in [2.05, 4.69) is 10.3 Å². The van der Waals surface area contributed by atoms with Crippen LogP contribution in [0, 0.1) is 11.3 Å². The Balaban J connectivity index is 2.02. The van der Waals surface area contributed by atoms with Gasteiger partial charge >= 0.3 is 0 Å². The Morgan fingerprint density at radius 3 is 2.68 bits per heavy atom. The fraction of sp³-hybridized carbons (Fsp3) is 0.0909. The molecule has 98 valence electrons. The van der Waals surface area contributed by atoms with Gasteiger partial charge in [0.15, 0.2) is 0 Å². The van der Waals surface area contributed by atoms with Crippen molar-refractivity contribution in [3.63, 3.8) is 0 Å². The molecule has 0 aliphatic heterocycles. The molecule has 0 atom stereocenters. The molecule has 2 heterocycles. The van der Waals surface area contributed by atoms with Gasteiger partial charge < -0.3 is 5.32 Å². The summed E-state index contributed by atoms with van der Waals surface area (Å²) in [7, 11) is -3.63. The number of aromatic nitrogens is 1. The molecule has 0 bridgehead atoms. The third-order valence-electron chi connectivity index (χ3n) is 2.25. The Kier molecular flexibility index (Phi) is 3.80. The van der Waals surface area contributed by atoms with Gasteiger partial charge in [-0.3, -0.25) is 0 Å². The van der Waals surface area contributed by atoms with E-state index in [9.17, 15) is 8.42 Å². The number of hydrogen-bond donors (Lipinski definition) is 2. The van der Waals surface area contributed by atoms with Crippen molar-refractivity contribution < 1.29 is 8.42 Å². The summed E-state index contributed by atoms with van der Waals surface area (Å²) in [4.78, 5) is 4.88. The molecule has 0 unspecified atom stereocenters. The largest absolute Gasteiger partial charge is 0.365 e. The van der Waals surface area contributed by atoms with Gasteiger partial charge in [-0.1, -0.05) is 0 Å². The summed E-state index contributed by atoms with van der Waals surface area (Å²) in [5, 5.41) is 16.7. The lowest BCUT2D eigenvalue weighted by Gasteiger charge is -2.02. The number of nitrogens with zero attached hydrogens (tertiary/aromatic N) is 2. The number of rotatable bonds is 4. The summed E-state index contributed by atoms with van der Waals surface area (Å²) >= 11 is 1.11. The highest BCUT2D eigenvalue weighted by atomic mass is 32.2. The lowest BCUT2D eigenvalue weighted by Crippen LogP contribution is -2.09. The first-order valence-corrected chi connectivity index (χ1v) is 7.57. The van der Waals surface area contributed by atoms with Crippen molar-refractivity contribution in [2.75, 3.05) is 5.32 Å². The molecule has 19 heavy (non-hydrogen) atoms. The predicted octanol–water partition coefficient (Wildman–Crippen LogP) is 1.27. The molecule has 2 rings (SSSR count). The van der Waals surface area contributed by atoms with Crippen LogP contribution in [0.4, 0.5) is 5.82 Å². The molecule has 3 N–H and O–H groups in total. The van der Waals surface area contributed by atoms with E-state index in [0.29, 0.717) is 17.9 Å². The van der Waals surface area contributed by atoms with E-state index in [1.807, 2.05) is 6.07 Å². The smallest absolute Gasteiger partial charge is 0.247 e. The Labute approximate surface area is 114 Å². The molecule has 0 spiro atoms. The van der Waals surface area contributed by atoms with Gasteiger partial charge in [0.2, 0.25) is 10.0 Å². The molecular weight excluding hydrogens is 284 g/mol. The molecular formula is C11H10N4O2S2. The second-order valence-electron chi connectivity index (χ2n) is 3.66. The van der Waals surface area contributed by atoms with E-state index >= 15 is 0 Å². The summed E-state index contributed by atoms with van der Waals surface area (Å²) in [5.74, 6) is 0.615. The molecule has 0 aliphatic carbocycles. The number of nitriles is 1. The van der Waals surface area contributed by atoms with Crippen LogP contribution in [0.2, 0.25) is 0 Å². The Morgan fingerprint density at radius 1 is 1.37 bits per heavy atom. The van der Waals surface area contributed by atoms with Crippen molar-refractivity contribution in [1.29, 1.82) is 5.26 Å². The van der Waals surface area contributed by atoms with E-state index in [1.54, 1.807) is 18.2 Å². The van der Waals surface area contributed by atoms with E-state index in [-0.39, 0.29) is 4.21 Å². The first kappa shape index (κ1) is 13.5. The standard InChI is InChI=1S/C11H10N4O2S2/c12-5-8-1-3-10(14-6-8)15-7-9-2-4-11(18-9)19(13,16)17/h1-4,6H,7H2,(H,14,15)(H2,13,16,17). The molecule has 0 saturated carbocycles. The minimum Gasteiger partial charge on any atom is -0.365 e. The number of nitrogens with one attached hydrogen (secondary N) is 1. The normalized spacial score (nSPS) is 10.9. The Hall–Kier alpha value is -1.95. The first-order chi connectivity index (χ1) is 8.99. The zero-order valence-electron chi connectivity index (χ0n) is 9.70. The highest BCUT2D eigenvalue weighted by molar-refractivity contribution is 7.91. The number of pyridine rings is 1. The van der Waals surface area contributed by atoms with Crippen molar-refractivity contribution in [2.45, 2.75) is 10.8 Å². The van der Waals surface area contributed by atoms with Crippen LogP contribution in [0.5, 0.6) is 0 Å². The van der Waals surface area contributed by atoms with E-state index < -0.39 is 10.0 Å². The van der Waals surface area contributed by atoms with Crippen LogP contribution in [0.3, 0.4) is 0 Å². The van der Waals surface area contributed by atoms with E-state index in [1.165, 1.54) is 12.3 Å². The molecule has 0 radical (unpaired) electrons. The second kappa shape index (κ2) is 5.36. The molecule has 8 heteroatoms. The number of anilines is 1. The van der Waals surface area contributed by atoms with Gasteiger partial charge in [0.25, 0.3) is 0 Å². The summed E-state index contributed by atoms with van der Waals surface area (Å²) in [6, 6.07) is 8.49. The number of primary sulfonamides is 1. The zero-order valence-corrected chi connectivity index (χ0v) is 11.3. The van der Waals surface area contributed by atoms with Crippen LogP contribution in [0.25, 0.3) is 0 Å². The summed E-state index contributed by atoms with van der Waals surface area (Å²) < 4.78 is 22.4. The maximum Gasteiger partial charge on any atom is 0.247 e. The number of thiophene rings is 1. The van der Waals surface area contributed by atoms with Gasteiger partial charge in [-0.05, 0) is 24.3 Å². The van der Waals surface area contributed by atoms with Crippen molar-refractivity contribution in [3.05, 3.63) is 40.9 Å². The fourth-order valence-corrected chi connectivity index (χ4v) is 3.07. The van der Waals surface area contributed by atoms with E-state index in [0.717, 1.165) is 16.2 Å². The number of sulfonamides is 1. The monoisotopic (exact) mass is 294 g/mol. The van der Waals surface area contributed by atoms with Crippen LogP contribution in [0.15, 0.2) is 34.7 Å². The van der Waals surface area contributed by atoms with Gasteiger partial charge in [0.1, 0.15) is 16.1 Å². The van der Waals surface area contributed by atoms with Crippen molar-refractivity contribution >= 4 is 27.2 Å². The number of nitrogens with two attached hydrogens (primary N) is 1. The minimum atomic E-state index is -3.63. The van der Waals surface area contributed by atoms with Gasteiger partial charge in [0, 0.05) is 11.1 Å². The molecule has 0 amide bonds. The molecule has 0 aliphatic rings. The van der Waals surface area contributed by atoms with Crippen LogP contribution < -0.4 is 10.5 Å². The van der Waals surface area contributed by atoms with Crippen molar-refractivity contribution in [2.24, 2.45) is 5.14 Å². The average Bonchev–Trinajstić information content (AvgIpc) is 2.86. The van der Waals surface area contributed by atoms with Crippen molar-refractivity contribution in [3.8, 4) is 6.07 Å². The Bertz CT molecular complexity index is 714. The highest BCUT2D eigenvalue weighted by Crippen LogP contribution is 2.21. The molecule has 0 fully saturated rings. The predicted molar refractivity (Wildman–Crippen MR) is 72.0 cm³/mol. The van der Waals surface area contributed by atoms with Crippen LogP contribution >= 0.6 is 11.3 Å². The SMILES string of the molecule is N#Cc1ccc(NCc2ccc(S(N)(=O)=O)s2)nc1. The second-order valence-corrected chi connectivity index (χ2v) is 6.62. The summed E-state index contributed by atoms with van der Waals surface area (Å²) in [6.45, 7) is 0.444. The lowest BCUT2D eigenvalue weighted by atomic mass is 10.3. The Morgan fingerprint density at radius 2 is 2.16 bits per heavy atom. The van der Waals surface area contributed by atoms with Crippen LogP contribution in [0.1, 0.15) is 10.4 Å². The van der Waals surface area contributed by atoms with Gasteiger partial charge in [-0.2, -0.15) is 5.26 Å². The minimum absolute atomic E-state index is 0.136.